The zero-order valence-corrected chi connectivity index (χ0v) is 13.7. The molecule has 7 nitrogen and oxygen atoms in total. The van der Waals surface area contributed by atoms with E-state index in [0.717, 1.165) is 38.4 Å². The lowest BCUT2D eigenvalue weighted by Crippen LogP contribution is -2.47. The van der Waals surface area contributed by atoms with E-state index in [1.165, 1.54) is 25.7 Å². The highest BCUT2D eigenvalue weighted by Crippen LogP contribution is 2.25. The molecule has 2 heterocycles. The van der Waals surface area contributed by atoms with Crippen molar-refractivity contribution in [3.05, 3.63) is 28.3 Å². The molecule has 1 amide bonds. The quantitative estimate of drug-likeness (QED) is 0.837. The monoisotopic (exact) mass is 336 g/mol. The Balaban J connectivity index is 1.44. The van der Waals surface area contributed by atoms with E-state index in [9.17, 15) is 9.59 Å². The minimum absolute atomic E-state index is 0.102. The van der Waals surface area contributed by atoms with Gasteiger partial charge in [-0.3, -0.25) is 14.5 Å². The van der Waals surface area contributed by atoms with Gasteiger partial charge in [-0.05, 0) is 19.3 Å². The molecule has 1 saturated heterocycles. The molecule has 1 aromatic rings. The Morgan fingerprint density at radius 1 is 1.38 bits per heavy atom. The summed E-state index contributed by atoms with van der Waals surface area (Å²) in [6.07, 6.45) is 6.91. The number of carbonyl (C=O) groups is 1. The number of ether oxygens (including phenoxy) is 1. The zero-order valence-electron chi connectivity index (χ0n) is 13.7. The average Bonchev–Trinajstić information content (AvgIpc) is 3.12. The van der Waals surface area contributed by atoms with Gasteiger partial charge in [0.2, 0.25) is 5.43 Å². The third kappa shape index (κ3) is 4.15. The number of rotatable bonds is 5. The minimum Gasteiger partial charge on any atom is -0.502 e. The van der Waals surface area contributed by atoms with Gasteiger partial charge in [0.25, 0.3) is 5.91 Å². The van der Waals surface area contributed by atoms with Gasteiger partial charge in [-0.15, -0.1) is 0 Å². The fourth-order valence-electron chi connectivity index (χ4n) is 3.48. The second-order valence-electron chi connectivity index (χ2n) is 6.46. The average molecular weight is 336 g/mol. The largest absolute Gasteiger partial charge is 0.502 e. The molecule has 1 aromatic heterocycles. The Morgan fingerprint density at radius 2 is 2.17 bits per heavy atom. The molecule has 0 aromatic carbocycles. The number of nitrogens with zero attached hydrogens (tertiary/aromatic N) is 1. The van der Waals surface area contributed by atoms with Crippen LogP contribution < -0.4 is 10.7 Å². The zero-order chi connectivity index (χ0) is 16.9. The van der Waals surface area contributed by atoms with Crippen molar-refractivity contribution < 1.29 is 19.1 Å². The summed E-state index contributed by atoms with van der Waals surface area (Å²) in [6, 6.07) is 1.68. The normalized spacial score (nSPS) is 22.6. The number of amides is 1. The van der Waals surface area contributed by atoms with Gasteiger partial charge in [-0.25, -0.2) is 0 Å². The fourth-order valence-corrected chi connectivity index (χ4v) is 3.48. The maximum absolute atomic E-state index is 11.9. The number of hydrogen-bond donors (Lipinski definition) is 2. The maximum atomic E-state index is 11.9. The Labute approximate surface area is 140 Å². The van der Waals surface area contributed by atoms with Crippen molar-refractivity contribution >= 4 is 5.91 Å². The van der Waals surface area contributed by atoms with E-state index in [2.05, 4.69) is 10.2 Å². The Morgan fingerprint density at radius 3 is 2.92 bits per heavy atom. The first-order chi connectivity index (χ1) is 11.6. The van der Waals surface area contributed by atoms with Crippen molar-refractivity contribution in [2.75, 3.05) is 26.2 Å². The molecule has 7 heteroatoms. The van der Waals surface area contributed by atoms with E-state index < -0.39 is 17.1 Å². The van der Waals surface area contributed by atoms with E-state index in [-0.39, 0.29) is 11.9 Å². The van der Waals surface area contributed by atoms with E-state index in [4.69, 9.17) is 14.3 Å². The summed E-state index contributed by atoms with van der Waals surface area (Å²) in [7, 11) is 0. The highest BCUT2D eigenvalue weighted by molar-refractivity contribution is 5.91. The highest BCUT2D eigenvalue weighted by atomic mass is 16.5. The van der Waals surface area contributed by atoms with E-state index >= 15 is 0 Å². The van der Waals surface area contributed by atoms with Gasteiger partial charge >= 0.3 is 0 Å². The molecular weight excluding hydrogens is 312 g/mol. The van der Waals surface area contributed by atoms with Crippen molar-refractivity contribution in [3.63, 3.8) is 0 Å². The molecule has 2 aliphatic rings. The Bertz CT molecular complexity index is 624. The van der Waals surface area contributed by atoms with Crippen LogP contribution in [0.1, 0.15) is 42.7 Å². The summed E-state index contributed by atoms with van der Waals surface area (Å²) in [6.45, 7) is 3.09. The minimum atomic E-state index is -0.630. The van der Waals surface area contributed by atoms with Gasteiger partial charge in [0.1, 0.15) is 6.26 Å². The van der Waals surface area contributed by atoms with Crippen molar-refractivity contribution in [2.45, 2.75) is 44.2 Å². The van der Waals surface area contributed by atoms with Crippen LogP contribution in [0.25, 0.3) is 0 Å². The maximum Gasteiger partial charge on any atom is 0.287 e. The molecule has 0 spiro atoms. The summed E-state index contributed by atoms with van der Waals surface area (Å²) in [4.78, 5) is 25.8. The van der Waals surface area contributed by atoms with Gasteiger partial charge in [-0.1, -0.05) is 12.8 Å². The Hall–Kier alpha value is -1.86. The van der Waals surface area contributed by atoms with Crippen LogP contribution in [0, 0.1) is 0 Å². The molecule has 1 aliphatic heterocycles. The fraction of sp³-hybridized carbons (Fsp3) is 0.647. The van der Waals surface area contributed by atoms with Crippen LogP contribution in [0.3, 0.4) is 0 Å². The molecule has 2 fully saturated rings. The van der Waals surface area contributed by atoms with Gasteiger partial charge in [-0.2, -0.15) is 0 Å². The molecule has 0 unspecified atom stereocenters. The lowest BCUT2D eigenvalue weighted by Gasteiger charge is -2.36. The predicted molar refractivity (Wildman–Crippen MR) is 87.2 cm³/mol. The Kier molecular flexibility index (Phi) is 5.52. The van der Waals surface area contributed by atoms with E-state index in [1.54, 1.807) is 0 Å². The van der Waals surface area contributed by atoms with E-state index in [0.29, 0.717) is 12.6 Å². The topological polar surface area (TPSA) is 92.0 Å². The molecule has 132 valence electrons. The standard InChI is InChI=1S/C17H24N2O5/c20-14-9-16(24-11-15(14)21)17(22)18-6-5-13-10-19(7-8-23-13)12-3-1-2-4-12/h9,11-13,21H,1-8,10H2,(H,18,22)/t13-/m0/s1. The van der Waals surface area contributed by atoms with Gasteiger partial charge in [0.05, 0.1) is 12.7 Å². The summed E-state index contributed by atoms with van der Waals surface area (Å²) < 4.78 is 10.7. The van der Waals surface area contributed by atoms with Gasteiger partial charge in [0, 0.05) is 31.7 Å². The molecule has 1 atom stereocenters. The first-order valence-corrected chi connectivity index (χ1v) is 8.59. The van der Waals surface area contributed by atoms with Crippen molar-refractivity contribution in [1.29, 1.82) is 0 Å². The summed E-state index contributed by atoms with van der Waals surface area (Å²) in [5, 5.41) is 11.9. The molecule has 1 saturated carbocycles. The first-order valence-electron chi connectivity index (χ1n) is 8.59. The highest BCUT2D eigenvalue weighted by Gasteiger charge is 2.28. The molecule has 1 aliphatic carbocycles. The van der Waals surface area contributed by atoms with Crippen molar-refractivity contribution in [3.8, 4) is 5.75 Å². The molecule has 0 bridgehead atoms. The van der Waals surface area contributed by atoms with Crippen LogP contribution in [0.15, 0.2) is 21.5 Å². The van der Waals surface area contributed by atoms with Gasteiger partial charge < -0.3 is 19.6 Å². The van der Waals surface area contributed by atoms with E-state index in [1.807, 2.05) is 0 Å². The van der Waals surface area contributed by atoms with Crippen LogP contribution in [-0.4, -0.2) is 54.3 Å². The molecule has 3 rings (SSSR count). The van der Waals surface area contributed by atoms with Crippen LogP contribution in [-0.2, 0) is 4.74 Å². The smallest absolute Gasteiger partial charge is 0.287 e. The lowest BCUT2D eigenvalue weighted by atomic mass is 10.1. The third-order valence-electron chi connectivity index (χ3n) is 4.80. The lowest BCUT2D eigenvalue weighted by molar-refractivity contribution is -0.0449. The number of carbonyl (C=O) groups excluding carboxylic acids is 1. The second-order valence-corrected chi connectivity index (χ2v) is 6.46. The van der Waals surface area contributed by atoms with Crippen molar-refractivity contribution in [2.24, 2.45) is 0 Å². The van der Waals surface area contributed by atoms with Gasteiger partial charge in [0.15, 0.2) is 11.5 Å². The van der Waals surface area contributed by atoms with Crippen LogP contribution in [0.4, 0.5) is 0 Å². The second kappa shape index (κ2) is 7.81. The molecule has 0 radical (unpaired) electrons. The summed E-state index contributed by atoms with van der Waals surface area (Å²) in [5.41, 5.74) is -0.630. The molecule has 24 heavy (non-hydrogen) atoms. The SMILES string of the molecule is O=C(NCC[C@H]1CN(C2CCCC2)CCO1)c1cc(=O)c(O)co1. The third-order valence-corrected chi connectivity index (χ3v) is 4.80. The molecular formula is C17H24N2O5. The predicted octanol–water partition coefficient (Wildman–Crippen LogP) is 1.11. The van der Waals surface area contributed by atoms with Crippen molar-refractivity contribution in [1.82, 2.24) is 10.2 Å². The molecule has 2 N–H and O–H groups in total. The first kappa shape index (κ1) is 17.0. The number of morpholine rings is 1. The van der Waals surface area contributed by atoms with Crippen LogP contribution in [0.2, 0.25) is 0 Å². The van der Waals surface area contributed by atoms with Crippen LogP contribution >= 0.6 is 0 Å². The summed E-state index contributed by atoms with van der Waals surface area (Å²) in [5.74, 6) is -1.07. The number of nitrogens with one attached hydrogen (secondary N) is 1. The number of hydrogen-bond acceptors (Lipinski definition) is 6. The van der Waals surface area contributed by atoms with Crippen LogP contribution in [0.5, 0.6) is 5.75 Å². The summed E-state index contributed by atoms with van der Waals surface area (Å²) >= 11 is 0. The number of aromatic hydroxyl groups is 1.